The summed E-state index contributed by atoms with van der Waals surface area (Å²) in [5, 5.41) is 0. The zero-order valence-corrected chi connectivity index (χ0v) is 44.4. The minimum absolute atomic E-state index is 0.0807. The Morgan fingerprint density at radius 3 is 0.910 bits per heavy atom. The summed E-state index contributed by atoms with van der Waals surface area (Å²) in [5.41, 5.74) is 0. The maximum absolute atomic E-state index is 12.8. The molecule has 0 rings (SSSR count). The fourth-order valence-electron chi connectivity index (χ4n) is 8.24. The molecule has 0 saturated heterocycles. The van der Waals surface area contributed by atoms with Crippen molar-refractivity contribution in [2.75, 3.05) is 13.2 Å². The van der Waals surface area contributed by atoms with Crippen LogP contribution in [-0.2, 0) is 28.6 Å². The Labute approximate surface area is 415 Å². The molecule has 0 saturated carbocycles. The maximum Gasteiger partial charge on any atom is 0.306 e. The summed E-state index contributed by atoms with van der Waals surface area (Å²) in [7, 11) is 0. The Balaban J connectivity index is 4.41. The smallest absolute Gasteiger partial charge is 0.306 e. The van der Waals surface area contributed by atoms with Gasteiger partial charge in [0.25, 0.3) is 0 Å². The molecule has 0 aliphatic heterocycles. The minimum atomic E-state index is -0.784. The first-order valence-corrected chi connectivity index (χ1v) is 28.8. The molecule has 6 heteroatoms. The normalized spacial score (nSPS) is 12.5. The van der Waals surface area contributed by atoms with Crippen LogP contribution in [0.3, 0.4) is 0 Å². The first-order valence-electron chi connectivity index (χ1n) is 28.8. The van der Waals surface area contributed by atoms with Crippen LogP contribution in [0.25, 0.3) is 0 Å². The third-order valence-electron chi connectivity index (χ3n) is 12.5. The highest BCUT2D eigenvalue weighted by atomic mass is 16.6. The first kappa shape index (κ1) is 64.1. The van der Waals surface area contributed by atoms with Crippen LogP contribution >= 0.6 is 0 Å². The lowest BCUT2D eigenvalue weighted by Gasteiger charge is -2.18. The van der Waals surface area contributed by atoms with E-state index in [1.54, 1.807) is 0 Å². The lowest BCUT2D eigenvalue weighted by molar-refractivity contribution is -0.167. The van der Waals surface area contributed by atoms with E-state index in [2.05, 4.69) is 81.5 Å². The minimum Gasteiger partial charge on any atom is -0.462 e. The molecule has 0 aromatic heterocycles. The van der Waals surface area contributed by atoms with Crippen LogP contribution in [0.2, 0.25) is 0 Å². The Hall–Kier alpha value is -2.89. The topological polar surface area (TPSA) is 78.9 Å². The van der Waals surface area contributed by atoms with Crippen LogP contribution < -0.4 is 0 Å². The number of carbonyl (C=O) groups excluding carboxylic acids is 3. The van der Waals surface area contributed by atoms with Gasteiger partial charge in [-0.3, -0.25) is 14.4 Å². The second kappa shape index (κ2) is 55.7. The van der Waals surface area contributed by atoms with Crippen molar-refractivity contribution in [2.45, 2.75) is 297 Å². The van der Waals surface area contributed by atoms with Crippen molar-refractivity contribution in [1.82, 2.24) is 0 Å². The summed E-state index contributed by atoms with van der Waals surface area (Å²) in [5.74, 6) is -0.899. The monoisotopic (exact) mass is 937 g/mol. The van der Waals surface area contributed by atoms with Gasteiger partial charge in [-0.15, -0.1) is 0 Å². The van der Waals surface area contributed by atoms with Crippen molar-refractivity contribution in [3.05, 3.63) is 60.8 Å². The summed E-state index contributed by atoms with van der Waals surface area (Å²) < 4.78 is 16.9. The Morgan fingerprint density at radius 1 is 0.313 bits per heavy atom. The second-order valence-electron chi connectivity index (χ2n) is 19.2. The molecular weight excluding hydrogens is 829 g/mol. The molecule has 388 valence electrons. The number of esters is 3. The number of unbranched alkanes of at least 4 members (excludes halogenated alkanes) is 31. The summed E-state index contributed by atoms with van der Waals surface area (Å²) in [6, 6.07) is 0. The van der Waals surface area contributed by atoms with E-state index < -0.39 is 6.10 Å². The van der Waals surface area contributed by atoms with Gasteiger partial charge >= 0.3 is 17.9 Å². The molecule has 6 nitrogen and oxygen atoms in total. The van der Waals surface area contributed by atoms with E-state index >= 15 is 0 Å². The van der Waals surface area contributed by atoms with Gasteiger partial charge in [-0.2, -0.15) is 0 Å². The van der Waals surface area contributed by atoms with E-state index in [1.807, 2.05) is 0 Å². The predicted octanol–water partition coefficient (Wildman–Crippen LogP) is 19.2. The molecule has 0 radical (unpaired) electrons. The van der Waals surface area contributed by atoms with Crippen LogP contribution in [0.1, 0.15) is 290 Å². The van der Waals surface area contributed by atoms with E-state index in [0.717, 1.165) is 96.3 Å². The Bertz CT molecular complexity index is 1210. The first-order chi connectivity index (χ1) is 33.0. The molecule has 0 aliphatic rings. The van der Waals surface area contributed by atoms with Crippen molar-refractivity contribution in [3.8, 4) is 0 Å². The number of ether oxygens (including phenoxy) is 3. The molecule has 67 heavy (non-hydrogen) atoms. The second-order valence-corrected chi connectivity index (χ2v) is 19.2. The van der Waals surface area contributed by atoms with Crippen LogP contribution in [0, 0.1) is 0 Å². The third kappa shape index (κ3) is 53.9. The Morgan fingerprint density at radius 2 is 0.582 bits per heavy atom. The molecule has 1 atom stereocenters. The zero-order chi connectivity index (χ0) is 48.6. The SMILES string of the molecule is CC/C=C\C/C=C\C/C=C\C/C=C\C/C=C\CCCCCC(=O)OCC(COC(=O)CCCCCCCCCCCCCCCCC)OC(=O)CCCCCCCCCCCCCCCCC. The highest BCUT2D eigenvalue weighted by Crippen LogP contribution is 2.16. The third-order valence-corrected chi connectivity index (χ3v) is 12.5. The van der Waals surface area contributed by atoms with Gasteiger partial charge < -0.3 is 14.2 Å². The fourth-order valence-corrected chi connectivity index (χ4v) is 8.24. The van der Waals surface area contributed by atoms with E-state index in [9.17, 15) is 14.4 Å². The van der Waals surface area contributed by atoms with Crippen LogP contribution in [0.4, 0.5) is 0 Å². The van der Waals surface area contributed by atoms with Gasteiger partial charge in [0, 0.05) is 19.3 Å². The highest BCUT2D eigenvalue weighted by molar-refractivity contribution is 5.71. The molecule has 0 spiro atoms. The molecule has 0 fully saturated rings. The number of hydrogen-bond acceptors (Lipinski definition) is 6. The molecule has 0 aromatic rings. The van der Waals surface area contributed by atoms with Gasteiger partial charge in [-0.05, 0) is 64.2 Å². The van der Waals surface area contributed by atoms with Crippen molar-refractivity contribution in [2.24, 2.45) is 0 Å². The van der Waals surface area contributed by atoms with Crippen LogP contribution in [-0.4, -0.2) is 37.2 Å². The number of carbonyl (C=O) groups is 3. The van der Waals surface area contributed by atoms with Gasteiger partial charge in [0.15, 0.2) is 6.10 Å². The lowest BCUT2D eigenvalue weighted by Crippen LogP contribution is -2.30. The highest BCUT2D eigenvalue weighted by Gasteiger charge is 2.19. The summed E-state index contributed by atoms with van der Waals surface area (Å²) in [4.78, 5) is 38.1. The zero-order valence-electron chi connectivity index (χ0n) is 44.4. The molecule has 0 aromatic carbocycles. The average molecular weight is 938 g/mol. The predicted molar refractivity (Wildman–Crippen MR) is 288 cm³/mol. The Kier molecular flexibility index (Phi) is 53.3. The lowest BCUT2D eigenvalue weighted by atomic mass is 10.0. The van der Waals surface area contributed by atoms with Crippen LogP contribution in [0.15, 0.2) is 60.8 Å². The largest absolute Gasteiger partial charge is 0.462 e. The molecule has 0 aliphatic carbocycles. The average Bonchev–Trinajstić information content (AvgIpc) is 3.33. The molecule has 0 amide bonds. The molecular formula is C61H108O6. The van der Waals surface area contributed by atoms with Gasteiger partial charge in [-0.1, -0.05) is 268 Å². The molecule has 0 bridgehead atoms. The molecule has 0 heterocycles. The van der Waals surface area contributed by atoms with E-state index in [-0.39, 0.29) is 31.1 Å². The van der Waals surface area contributed by atoms with Gasteiger partial charge in [0.1, 0.15) is 13.2 Å². The van der Waals surface area contributed by atoms with E-state index in [4.69, 9.17) is 14.2 Å². The maximum atomic E-state index is 12.8. The van der Waals surface area contributed by atoms with Gasteiger partial charge in [0.2, 0.25) is 0 Å². The fraction of sp³-hybridized carbons (Fsp3) is 0.787. The standard InChI is InChI=1S/C61H108O6/c1-4-7-10-13-16-19-22-25-28-29-30-31-34-36-39-42-45-48-51-54-60(63)66-57-58(67-61(64)55-52-49-46-43-40-37-33-27-24-21-18-15-12-9-6-3)56-65-59(62)53-50-47-44-41-38-35-32-26-23-20-17-14-11-8-5-2/h7,10,16,19,25,28,30-31,36,39,58H,4-6,8-9,11-15,17-18,20-24,26-27,29,32-35,37-38,40-57H2,1-3H3/b10-7-,19-16-,28-25-,31-30-,39-36-. The summed E-state index contributed by atoms with van der Waals surface area (Å²) in [6.07, 6.45) is 69.2. The van der Waals surface area contributed by atoms with Crippen molar-refractivity contribution in [1.29, 1.82) is 0 Å². The van der Waals surface area contributed by atoms with Gasteiger partial charge in [-0.25, -0.2) is 0 Å². The number of rotatable bonds is 52. The van der Waals surface area contributed by atoms with Crippen LogP contribution in [0.5, 0.6) is 0 Å². The molecule has 1 unspecified atom stereocenters. The van der Waals surface area contributed by atoms with E-state index in [1.165, 1.54) is 154 Å². The van der Waals surface area contributed by atoms with Crippen molar-refractivity contribution < 1.29 is 28.6 Å². The van der Waals surface area contributed by atoms with Crippen molar-refractivity contribution >= 4 is 17.9 Å². The molecule has 0 N–H and O–H groups in total. The van der Waals surface area contributed by atoms with E-state index in [0.29, 0.717) is 19.3 Å². The summed E-state index contributed by atoms with van der Waals surface area (Å²) >= 11 is 0. The quantitative estimate of drug-likeness (QED) is 0.0262. The number of hydrogen-bond donors (Lipinski definition) is 0. The summed E-state index contributed by atoms with van der Waals surface area (Å²) in [6.45, 7) is 6.53. The number of allylic oxidation sites excluding steroid dienone is 10. The van der Waals surface area contributed by atoms with Gasteiger partial charge in [0.05, 0.1) is 0 Å². The van der Waals surface area contributed by atoms with Crippen molar-refractivity contribution in [3.63, 3.8) is 0 Å².